The van der Waals surface area contributed by atoms with Crippen LogP contribution in [-0.4, -0.2) is 49.8 Å². The standard InChI is InChI=1S/C15H30N2O/c1-4-14-10-18-9-8-17(14)12-15(3,5-2)11-16-13-6-7-13/h13-14,16H,4-12H2,1-3H3. The van der Waals surface area contributed by atoms with E-state index < -0.39 is 0 Å². The first-order valence-corrected chi connectivity index (χ1v) is 7.72. The minimum absolute atomic E-state index is 0.410. The van der Waals surface area contributed by atoms with Crippen LogP contribution in [0.1, 0.15) is 46.5 Å². The van der Waals surface area contributed by atoms with E-state index in [1.54, 1.807) is 0 Å². The Morgan fingerprint density at radius 1 is 1.33 bits per heavy atom. The summed E-state index contributed by atoms with van der Waals surface area (Å²) < 4.78 is 5.60. The number of hydrogen-bond donors (Lipinski definition) is 1. The third-order valence-electron chi connectivity index (χ3n) is 4.65. The molecule has 106 valence electrons. The van der Waals surface area contributed by atoms with Gasteiger partial charge in [0.1, 0.15) is 0 Å². The van der Waals surface area contributed by atoms with E-state index in [0.29, 0.717) is 11.5 Å². The van der Waals surface area contributed by atoms with Crippen LogP contribution in [0.3, 0.4) is 0 Å². The lowest BCUT2D eigenvalue weighted by atomic mass is 9.86. The largest absolute Gasteiger partial charge is 0.378 e. The summed E-state index contributed by atoms with van der Waals surface area (Å²) in [4.78, 5) is 2.65. The predicted molar refractivity (Wildman–Crippen MR) is 75.9 cm³/mol. The van der Waals surface area contributed by atoms with E-state index in [9.17, 15) is 0 Å². The number of rotatable bonds is 7. The third-order valence-corrected chi connectivity index (χ3v) is 4.65. The van der Waals surface area contributed by atoms with E-state index in [-0.39, 0.29) is 0 Å². The van der Waals surface area contributed by atoms with E-state index >= 15 is 0 Å². The van der Waals surface area contributed by atoms with Crippen LogP contribution < -0.4 is 5.32 Å². The van der Waals surface area contributed by atoms with Crippen LogP contribution >= 0.6 is 0 Å². The van der Waals surface area contributed by atoms with Crippen LogP contribution in [0.15, 0.2) is 0 Å². The van der Waals surface area contributed by atoms with Gasteiger partial charge in [0.15, 0.2) is 0 Å². The Kier molecular flexibility index (Phi) is 5.05. The molecule has 1 saturated heterocycles. The summed E-state index contributed by atoms with van der Waals surface area (Å²) in [7, 11) is 0. The van der Waals surface area contributed by atoms with Gasteiger partial charge in [0.25, 0.3) is 0 Å². The fourth-order valence-corrected chi connectivity index (χ4v) is 2.73. The van der Waals surface area contributed by atoms with Gasteiger partial charge in [-0.3, -0.25) is 4.90 Å². The zero-order valence-electron chi connectivity index (χ0n) is 12.4. The topological polar surface area (TPSA) is 24.5 Å². The van der Waals surface area contributed by atoms with Crippen LogP contribution in [0, 0.1) is 5.41 Å². The molecule has 1 saturated carbocycles. The maximum atomic E-state index is 5.60. The summed E-state index contributed by atoms with van der Waals surface area (Å²) in [5.74, 6) is 0. The highest BCUT2D eigenvalue weighted by Gasteiger charge is 2.32. The molecule has 0 spiro atoms. The van der Waals surface area contributed by atoms with E-state index in [1.807, 2.05) is 0 Å². The van der Waals surface area contributed by atoms with Crippen molar-refractivity contribution in [2.45, 2.75) is 58.5 Å². The van der Waals surface area contributed by atoms with Gasteiger partial charge in [-0.05, 0) is 31.1 Å². The molecule has 1 heterocycles. The van der Waals surface area contributed by atoms with Crippen LogP contribution in [0.4, 0.5) is 0 Å². The van der Waals surface area contributed by atoms with Crippen LogP contribution in [0.5, 0.6) is 0 Å². The fourth-order valence-electron chi connectivity index (χ4n) is 2.73. The minimum atomic E-state index is 0.410. The quantitative estimate of drug-likeness (QED) is 0.754. The van der Waals surface area contributed by atoms with Crippen molar-refractivity contribution < 1.29 is 4.74 Å². The van der Waals surface area contributed by atoms with Crippen LogP contribution in [0.2, 0.25) is 0 Å². The Bertz CT molecular complexity index is 255. The first-order valence-electron chi connectivity index (χ1n) is 7.72. The van der Waals surface area contributed by atoms with Gasteiger partial charge in [-0.1, -0.05) is 20.8 Å². The maximum absolute atomic E-state index is 5.60. The van der Waals surface area contributed by atoms with E-state index in [2.05, 4.69) is 31.0 Å². The Balaban J connectivity index is 1.85. The molecular formula is C15H30N2O. The number of ether oxygens (including phenoxy) is 1. The zero-order chi connectivity index (χ0) is 13.0. The fraction of sp³-hybridized carbons (Fsp3) is 1.00. The van der Waals surface area contributed by atoms with E-state index in [0.717, 1.165) is 25.8 Å². The van der Waals surface area contributed by atoms with Crippen molar-refractivity contribution in [3.63, 3.8) is 0 Å². The normalized spacial score (nSPS) is 29.2. The second-order valence-corrected chi connectivity index (χ2v) is 6.43. The van der Waals surface area contributed by atoms with Gasteiger partial charge < -0.3 is 10.1 Å². The van der Waals surface area contributed by atoms with Crippen LogP contribution in [-0.2, 0) is 4.74 Å². The van der Waals surface area contributed by atoms with Crippen molar-refractivity contribution in [1.82, 2.24) is 10.2 Å². The highest BCUT2D eigenvalue weighted by atomic mass is 16.5. The first kappa shape index (κ1) is 14.3. The lowest BCUT2D eigenvalue weighted by molar-refractivity contribution is -0.0264. The molecule has 1 N–H and O–H groups in total. The summed E-state index contributed by atoms with van der Waals surface area (Å²) in [5.41, 5.74) is 0.410. The molecule has 2 rings (SSSR count). The van der Waals surface area contributed by atoms with Crippen molar-refractivity contribution >= 4 is 0 Å². The summed E-state index contributed by atoms with van der Waals surface area (Å²) in [6.45, 7) is 12.4. The zero-order valence-corrected chi connectivity index (χ0v) is 12.4. The van der Waals surface area contributed by atoms with Crippen molar-refractivity contribution in [3.05, 3.63) is 0 Å². The number of hydrogen-bond acceptors (Lipinski definition) is 3. The molecule has 2 atom stereocenters. The van der Waals surface area contributed by atoms with Crippen LogP contribution in [0.25, 0.3) is 0 Å². The molecular weight excluding hydrogens is 224 g/mol. The monoisotopic (exact) mass is 254 g/mol. The smallest absolute Gasteiger partial charge is 0.0622 e. The molecule has 0 aromatic heterocycles. The highest BCUT2D eigenvalue weighted by Crippen LogP contribution is 2.27. The van der Waals surface area contributed by atoms with Gasteiger partial charge in [-0.2, -0.15) is 0 Å². The number of nitrogens with zero attached hydrogens (tertiary/aromatic N) is 1. The molecule has 0 amide bonds. The van der Waals surface area contributed by atoms with Gasteiger partial charge in [-0.25, -0.2) is 0 Å². The van der Waals surface area contributed by atoms with Gasteiger partial charge >= 0.3 is 0 Å². The van der Waals surface area contributed by atoms with Crippen molar-refractivity contribution in [2.24, 2.45) is 5.41 Å². The Morgan fingerprint density at radius 2 is 2.11 bits per heavy atom. The lowest BCUT2D eigenvalue weighted by Gasteiger charge is -2.41. The molecule has 2 unspecified atom stereocenters. The number of nitrogens with one attached hydrogen (secondary N) is 1. The van der Waals surface area contributed by atoms with E-state index in [4.69, 9.17) is 4.74 Å². The summed E-state index contributed by atoms with van der Waals surface area (Å²) in [6.07, 6.45) is 5.22. The SMILES string of the molecule is CCC1COCCN1CC(C)(CC)CNC1CC1. The predicted octanol–water partition coefficient (Wildman–Crippen LogP) is 2.27. The van der Waals surface area contributed by atoms with Gasteiger partial charge in [0, 0.05) is 31.7 Å². The molecule has 0 aromatic rings. The van der Waals surface area contributed by atoms with Crippen molar-refractivity contribution in [2.75, 3.05) is 32.8 Å². The molecule has 0 radical (unpaired) electrons. The minimum Gasteiger partial charge on any atom is -0.378 e. The molecule has 0 aromatic carbocycles. The summed E-state index contributed by atoms with van der Waals surface area (Å²) in [6, 6.07) is 1.45. The Hall–Kier alpha value is -0.120. The molecule has 2 fully saturated rings. The Labute approximate surface area is 112 Å². The molecule has 0 bridgehead atoms. The highest BCUT2D eigenvalue weighted by molar-refractivity contribution is 4.88. The first-order chi connectivity index (χ1) is 8.67. The molecule has 18 heavy (non-hydrogen) atoms. The van der Waals surface area contributed by atoms with Crippen molar-refractivity contribution in [1.29, 1.82) is 0 Å². The number of morpholine rings is 1. The van der Waals surface area contributed by atoms with E-state index in [1.165, 1.54) is 38.8 Å². The second kappa shape index (κ2) is 6.36. The molecule has 3 nitrogen and oxygen atoms in total. The van der Waals surface area contributed by atoms with Gasteiger partial charge in [0.2, 0.25) is 0 Å². The second-order valence-electron chi connectivity index (χ2n) is 6.43. The Morgan fingerprint density at radius 3 is 2.72 bits per heavy atom. The summed E-state index contributed by atoms with van der Waals surface area (Å²) in [5, 5.41) is 3.71. The van der Waals surface area contributed by atoms with Crippen molar-refractivity contribution in [3.8, 4) is 0 Å². The maximum Gasteiger partial charge on any atom is 0.0622 e. The van der Waals surface area contributed by atoms with Gasteiger partial charge in [-0.15, -0.1) is 0 Å². The third kappa shape index (κ3) is 3.94. The lowest BCUT2D eigenvalue weighted by Crippen LogP contribution is -2.51. The molecule has 3 heteroatoms. The summed E-state index contributed by atoms with van der Waals surface area (Å²) >= 11 is 0. The molecule has 1 aliphatic carbocycles. The molecule has 1 aliphatic heterocycles. The average Bonchev–Trinajstić information content (AvgIpc) is 3.21. The van der Waals surface area contributed by atoms with Gasteiger partial charge in [0.05, 0.1) is 13.2 Å². The molecule has 2 aliphatic rings. The average molecular weight is 254 g/mol.